The zero-order valence-corrected chi connectivity index (χ0v) is 20.6. The fourth-order valence-electron chi connectivity index (χ4n) is 6.51. The molecule has 1 aromatic carbocycles. The molecule has 35 heavy (non-hydrogen) atoms. The van der Waals surface area contributed by atoms with Crippen molar-refractivity contribution >= 4 is 16.7 Å². The number of carbonyl (C=O) groups excluding carboxylic acids is 1. The van der Waals surface area contributed by atoms with Gasteiger partial charge in [-0.25, -0.2) is 9.37 Å². The van der Waals surface area contributed by atoms with E-state index < -0.39 is 5.60 Å². The minimum atomic E-state index is -1.66. The van der Waals surface area contributed by atoms with Gasteiger partial charge in [0.05, 0.1) is 23.4 Å². The largest absolute Gasteiger partial charge is 0.377 e. The van der Waals surface area contributed by atoms with E-state index in [1.807, 2.05) is 6.92 Å². The first kappa shape index (κ1) is 22.6. The Morgan fingerprint density at radius 2 is 1.97 bits per heavy atom. The van der Waals surface area contributed by atoms with Crippen molar-refractivity contribution in [3.63, 3.8) is 0 Å². The van der Waals surface area contributed by atoms with Gasteiger partial charge in [0.15, 0.2) is 5.78 Å². The van der Waals surface area contributed by atoms with Crippen LogP contribution in [0.2, 0.25) is 0 Å². The van der Waals surface area contributed by atoms with E-state index in [0.717, 1.165) is 34.9 Å². The normalized spacial score (nSPS) is 22.5. The molecule has 0 fully saturated rings. The van der Waals surface area contributed by atoms with Gasteiger partial charge in [-0.05, 0) is 55.4 Å². The van der Waals surface area contributed by atoms with Crippen molar-refractivity contribution in [1.82, 2.24) is 14.9 Å². The Balaban J connectivity index is 1.68. The molecule has 0 spiro atoms. The molecule has 0 amide bonds. The number of halogens is 1. The number of aromatic nitrogens is 2. The van der Waals surface area contributed by atoms with Gasteiger partial charge >= 0.3 is 0 Å². The van der Waals surface area contributed by atoms with Crippen LogP contribution in [-0.4, -0.2) is 26.5 Å². The number of hydrogen-bond acceptors (Lipinski definition) is 5. The summed E-state index contributed by atoms with van der Waals surface area (Å²) in [6, 6.07) is 3.61. The van der Waals surface area contributed by atoms with E-state index >= 15 is 0 Å². The number of hydrogen-bond donors (Lipinski definition) is 2. The van der Waals surface area contributed by atoms with E-state index in [1.165, 1.54) is 6.07 Å². The highest BCUT2D eigenvalue weighted by Gasteiger charge is 2.43. The van der Waals surface area contributed by atoms with Crippen LogP contribution >= 0.6 is 0 Å². The van der Waals surface area contributed by atoms with Crippen molar-refractivity contribution < 1.29 is 14.3 Å². The maximum absolute atomic E-state index is 14.9. The Hall–Kier alpha value is -2.90. The summed E-state index contributed by atoms with van der Waals surface area (Å²) in [5, 5.41) is 15.9. The van der Waals surface area contributed by atoms with Crippen molar-refractivity contribution in [3.8, 4) is 11.4 Å². The van der Waals surface area contributed by atoms with E-state index in [-0.39, 0.29) is 42.1 Å². The van der Waals surface area contributed by atoms with Gasteiger partial charge in [-0.1, -0.05) is 20.8 Å². The van der Waals surface area contributed by atoms with E-state index in [2.05, 4.69) is 19.2 Å². The van der Waals surface area contributed by atoms with Crippen LogP contribution in [0.25, 0.3) is 22.3 Å². The zero-order chi connectivity index (χ0) is 24.8. The van der Waals surface area contributed by atoms with Crippen LogP contribution < -0.4 is 10.9 Å². The molecule has 182 valence electrons. The maximum atomic E-state index is 14.9. The summed E-state index contributed by atoms with van der Waals surface area (Å²) in [6.07, 6.45) is 2.31. The number of pyridine rings is 2. The van der Waals surface area contributed by atoms with Crippen molar-refractivity contribution in [2.45, 2.75) is 84.0 Å². The smallest absolute Gasteiger partial charge is 0.254 e. The minimum absolute atomic E-state index is 0.0698. The highest BCUT2D eigenvalue weighted by atomic mass is 19.1. The van der Waals surface area contributed by atoms with Gasteiger partial charge in [-0.2, -0.15) is 0 Å². The zero-order valence-electron chi connectivity index (χ0n) is 20.6. The number of ketones is 1. The lowest BCUT2D eigenvalue weighted by Crippen LogP contribution is -2.43. The molecule has 0 bridgehead atoms. The molecule has 0 saturated heterocycles. The number of Topliss-reactive ketones (excluding diaryl/α,β-unsaturated/α-hetero) is 1. The first-order valence-corrected chi connectivity index (χ1v) is 12.6. The van der Waals surface area contributed by atoms with Gasteiger partial charge in [0, 0.05) is 46.6 Å². The van der Waals surface area contributed by atoms with Gasteiger partial charge in [-0.3, -0.25) is 9.59 Å². The first-order valence-electron chi connectivity index (χ1n) is 12.6. The maximum Gasteiger partial charge on any atom is 0.254 e. The average molecular weight is 476 g/mol. The SMILES string of the molecule is CC[C@@]1(O)C(=O)CCc2c1cc1n(c2=O)Cc2c-1nc1cc(F)c(C)c3c1c2C(NC(C)C)CC3. The van der Waals surface area contributed by atoms with Crippen molar-refractivity contribution in [2.24, 2.45) is 0 Å². The summed E-state index contributed by atoms with van der Waals surface area (Å²) in [4.78, 5) is 31.2. The average Bonchev–Trinajstić information content (AvgIpc) is 3.19. The van der Waals surface area contributed by atoms with Gasteiger partial charge < -0.3 is 15.0 Å². The van der Waals surface area contributed by atoms with E-state index in [1.54, 1.807) is 17.6 Å². The number of benzene rings is 1. The quantitative estimate of drug-likeness (QED) is 0.469. The molecule has 2 N–H and O–H groups in total. The lowest BCUT2D eigenvalue weighted by Gasteiger charge is -2.32. The Labute approximate surface area is 203 Å². The van der Waals surface area contributed by atoms with Crippen LogP contribution in [0.3, 0.4) is 0 Å². The standard InChI is InChI=1S/C28H30FN3O3/c1-5-28(35)18-10-22-26-17(12-32(22)27(34)16(18)7-9-23(28)33)25-20(30-13(2)3)8-6-15-14(4)19(29)11-21(31-26)24(15)25/h10-11,13,20,30,35H,5-9,12H2,1-4H3/t20?,28-/m0/s1. The highest BCUT2D eigenvalue weighted by Crippen LogP contribution is 2.46. The predicted molar refractivity (Wildman–Crippen MR) is 132 cm³/mol. The van der Waals surface area contributed by atoms with E-state index in [4.69, 9.17) is 4.98 Å². The summed E-state index contributed by atoms with van der Waals surface area (Å²) in [5.74, 6) is -0.520. The third-order valence-electron chi connectivity index (χ3n) is 8.29. The first-order chi connectivity index (χ1) is 16.7. The fraction of sp³-hybridized carbons (Fsp3) is 0.464. The van der Waals surface area contributed by atoms with E-state index in [0.29, 0.717) is 46.6 Å². The van der Waals surface area contributed by atoms with Crippen LogP contribution in [0.4, 0.5) is 4.39 Å². The molecule has 2 aromatic heterocycles. The molecule has 3 heterocycles. The van der Waals surface area contributed by atoms with Crippen LogP contribution in [0.1, 0.15) is 79.5 Å². The molecule has 3 aromatic rings. The predicted octanol–water partition coefficient (Wildman–Crippen LogP) is 3.97. The second-order valence-corrected chi connectivity index (χ2v) is 10.6. The third-order valence-corrected chi connectivity index (χ3v) is 8.29. The number of fused-ring (bicyclic) bond motifs is 5. The number of nitrogens with one attached hydrogen (secondary N) is 1. The Bertz CT molecular complexity index is 1510. The molecule has 0 saturated carbocycles. The van der Waals surface area contributed by atoms with Crippen LogP contribution in [0, 0.1) is 12.7 Å². The number of aliphatic hydroxyl groups is 1. The fourth-order valence-corrected chi connectivity index (χ4v) is 6.51. The molecule has 2 atom stereocenters. The number of aryl methyl sites for hydroxylation is 1. The molecule has 1 aliphatic heterocycles. The van der Waals surface area contributed by atoms with Gasteiger partial charge in [0.25, 0.3) is 5.56 Å². The van der Waals surface area contributed by atoms with Gasteiger partial charge in [0.2, 0.25) is 0 Å². The number of carbonyl (C=O) groups is 1. The molecule has 6 rings (SSSR count). The Morgan fingerprint density at radius 1 is 1.20 bits per heavy atom. The van der Waals surface area contributed by atoms with Crippen molar-refractivity contribution in [3.05, 3.63) is 61.7 Å². The summed E-state index contributed by atoms with van der Waals surface area (Å²) in [7, 11) is 0. The second kappa shape index (κ2) is 7.55. The molecule has 0 radical (unpaired) electrons. The van der Waals surface area contributed by atoms with Gasteiger partial charge in [0.1, 0.15) is 11.4 Å². The Kier molecular flexibility index (Phi) is 4.86. The summed E-state index contributed by atoms with van der Waals surface area (Å²) >= 11 is 0. The molecule has 6 nitrogen and oxygen atoms in total. The van der Waals surface area contributed by atoms with Crippen molar-refractivity contribution in [2.75, 3.05) is 0 Å². The lowest BCUT2D eigenvalue weighted by molar-refractivity contribution is -0.140. The van der Waals surface area contributed by atoms with Crippen LogP contribution in [0.5, 0.6) is 0 Å². The minimum Gasteiger partial charge on any atom is -0.377 e. The second-order valence-electron chi connectivity index (χ2n) is 10.6. The molecular formula is C28H30FN3O3. The van der Waals surface area contributed by atoms with Crippen LogP contribution in [-0.2, 0) is 29.8 Å². The lowest BCUT2D eigenvalue weighted by atomic mass is 9.77. The third kappa shape index (κ3) is 2.97. The summed E-state index contributed by atoms with van der Waals surface area (Å²) in [6.45, 7) is 8.20. The highest BCUT2D eigenvalue weighted by molar-refractivity contribution is 5.94. The summed E-state index contributed by atoms with van der Waals surface area (Å²) < 4.78 is 16.6. The number of nitrogens with zero attached hydrogens (tertiary/aromatic N) is 2. The summed E-state index contributed by atoms with van der Waals surface area (Å²) in [5.41, 5.74) is 4.68. The topological polar surface area (TPSA) is 84.2 Å². The molecule has 2 aliphatic carbocycles. The van der Waals surface area contributed by atoms with E-state index in [9.17, 15) is 19.1 Å². The van der Waals surface area contributed by atoms with Crippen LogP contribution in [0.15, 0.2) is 16.9 Å². The molecular weight excluding hydrogens is 445 g/mol. The van der Waals surface area contributed by atoms with Gasteiger partial charge in [-0.15, -0.1) is 0 Å². The molecule has 7 heteroatoms. The number of rotatable bonds is 3. The Morgan fingerprint density at radius 3 is 2.69 bits per heavy atom. The van der Waals surface area contributed by atoms with Crippen molar-refractivity contribution in [1.29, 1.82) is 0 Å². The molecule has 1 unspecified atom stereocenters. The molecule has 3 aliphatic rings. The monoisotopic (exact) mass is 475 g/mol.